The molecule has 6 heteroatoms. The maximum Gasteiger partial charge on any atom is 0.247 e. The minimum atomic E-state index is -3.74. The number of nitrogens with two attached hydrogens (primary N) is 1. The molecular formula is C14H23NO3S2. The smallest absolute Gasteiger partial charge is 0.247 e. The van der Waals surface area contributed by atoms with E-state index in [0.717, 1.165) is 17.8 Å². The van der Waals surface area contributed by atoms with E-state index in [1.54, 1.807) is 11.4 Å². The monoisotopic (exact) mass is 317 g/mol. The van der Waals surface area contributed by atoms with Crippen LogP contribution in [0.5, 0.6) is 0 Å². The second-order valence-electron chi connectivity index (χ2n) is 4.99. The third-order valence-corrected chi connectivity index (χ3v) is 6.02. The zero-order valence-electron chi connectivity index (χ0n) is 12.1. The van der Waals surface area contributed by atoms with Crippen molar-refractivity contribution in [3.63, 3.8) is 0 Å². The zero-order chi connectivity index (χ0) is 15.3. The predicted octanol–water partition coefficient (Wildman–Crippen LogP) is 2.85. The number of allylic oxidation sites excluding steroid dienone is 1. The molecule has 0 bridgehead atoms. The van der Waals surface area contributed by atoms with Crippen molar-refractivity contribution in [3.8, 4) is 0 Å². The minimum Gasteiger partial charge on any atom is -0.392 e. The van der Waals surface area contributed by atoms with Gasteiger partial charge in [0.25, 0.3) is 0 Å². The number of hydrogen-bond acceptors (Lipinski definition) is 4. The third kappa shape index (κ3) is 4.15. The molecule has 0 aliphatic heterocycles. The van der Waals surface area contributed by atoms with Crippen LogP contribution in [0.3, 0.4) is 0 Å². The molecule has 114 valence electrons. The molecule has 3 N–H and O–H groups in total. The fraction of sp³-hybridized carbons (Fsp3) is 0.571. The van der Waals surface area contributed by atoms with Crippen molar-refractivity contribution >= 4 is 21.4 Å². The molecule has 0 aromatic carbocycles. The van der Waals surface area contributed by atoms with Gasteiger partial charge < -0.3 is 5.11 Å². The second kappa shape index (κ2) is 7.36. The van der Waals surface area contributed by atoms with Crippen molar-refractivity contribution in [2.45, 2.75) is 49.8 Å². The quantitative estimate of drug-likeness (QED) is 0.759. The van der Waals surface area contributed by atoms with Crippen molar-refractivity contribution in [2.75, 3.05) is 0 Å². The van der Waals surface area contributed by atoms with Crippen molar-refractivity contribution in [1.82, 2.24) is 0 Å². The molecule has 0 saturated heterocycles. The number of aliphatic hydroxyl groups is 1. The predicted molar refractivity (Wildman–Crippen MR) is 83.3 cm³/mol. The Morgan fingerprint density at radius 3 is 2.65 bits per heavy atom. The normalized spacial score (nSPS) is 17.2. The first-order chi connectivity index (χ1) is 9.32. The number of aliphatic hydroxyl groups excluding tert-OH is 1. The Morgan fingerprint density at radius 2 is 2.15 bits per heavy atom. The molecule has 0 saturated carbocycles. The maximum absolute atomic E-state index is 11.7. The summed E-state index contributed by atoms with van der Waals surface area (Å²) in [7, 11) is -3.74. The second-order valence-corrected chi connectivity index (χ2v) is 7.66. The van der Waals surface area contributed by atoms with Crippen LogP contribution in [0.2, 0.25) is 0 Å². The van der Waals surface area contributed by atoms with E-state index in [4.69, 9.17) is 5.14 Å². The summed E-state index contributed by atoms with van der Waals surface area (Å²) < 4.78 is 23.5. The van der Waals surface area contributed by atoms with Crippen LogP contribution in [0.25, 0.3) is 0 Å². The van der Waals surface area contributed by atoms with E-state index in [1.807, 2.05) is 32.9 Å². The molecule has 0 aliphatic carbocycles. The van der Waals surface area contributed by atoms with Crippen LogP contribution in [0.15, 0.2) is 27.8 Å². The van der Waals surface area contributed by atoms with Crippen LogP contribution >= 0.6 is 11.3 Å². The fourth-order valence-electron chi connectivity index (χ4n) is 2.35. The van der Waals surface area contributed by atoms with Gasteiger partial charge in [0.15, 0.2) is 0 Å². The van der Waals surface area contributed by atoms with Crippen molar-refractivity contribution in [2.24, 2.45) is 11.1 Å². The minimum absolute atomic E-state index is 0.169. The van der Waals surface area contributed by atoms with Gasteiger partial charge in [-0.2, -0.15) is 0 Å². The highest BCUT2D eigenvalue weighted by Gasteiger charge is 2.30. The molecule has 0 fully saturated rings. The highest BCUT2D eigenvalue weighted by Crippen LogP contribution is 2.37. The summed E-state index contributed by atoms with van der Waals surface area (Å²) in [5, 5.41) is 17.4. The summed E-state index contributed by atoms with van der Waals surface area (Å²) >= 11 is 1.11. The van der Waals surface area contributed by atoms with Crippen LogP contribution in [-0.2, 0) is 10.0 Å². The topological polar surface area (TPSA) is 80.4 Å². The molecule has 1 aromatic rings. The first-order valence-corrected chi connectivity index (χ1v) is 9.14. The van der Waals surface area contributed by atoms with Gasteiger partial charge in [0.2, 0.25) is 10.0 Å². The van der Waals surface area contributed by atoms with Gasteiger partial charge in [-0.05, 0) is 36.3 Å². The van der Waals surface area contributed by atoms with Gasteiger partial charge >= 0.3 is 0 Å². The lowest BCUT2D eigenvalue weighted by Crippen LogP contribution is -2.26. The Labute approximate surface area is 125 Å². The Morgan fingerprint density at radius 1 is 1.50 bits per heavy atom. The fourth-order valence-corrected chi connectivity index (χ4v) is 4.27. The summed E-state index contributed by atoms with van der Waals surface area (Å²) in [5.74, 6) is -0.0545. The van der Waals surface area contributed by atoms with E-state index in [-0.39, 0.29) is 16.0 Å². The largest absolute Gasteiger partial charge is 0.392 e. The summed E-state index contributed by atoms with van der Waals surface area (Å²) in [4.78, 5) is 0. The molecule has 0 aliphatic rings. The lowest BCUT2D eigenvalue weighted by molar-refractivity contribution is 0.119. The average molecular weight is 317 g/mol. The van der Waals surface area contributed by atoms with Gasteiger partial charge in [0.1, 0.15) is 4.21 Å². The van der Waals surface area contributed by atoms with E-state index < -0.39 is 16.1 Å². The Kier molecular flexibility index (Phi) is 6.39. The molecule has 0 spiro atoms. The summed E-state index contributed by atoms with van der Waals surface area (Å²) in [5.41, 5.74) is 0.642. The van der Waals surface area contributed by atoms with Crippen molar-refractivity contribution < 1.29 is 13.5 Å². The molecule has 20 heavy (non-hydrogen) atoms. The van der Waals surface area contributed by atoms with Crippen LogP contribution in [0.1, 0.15) is 45.1 Å². The molecule has 1 heterocycles. The van der Waals surface area contributed by atoms with E-state index in [2.05, 4.69) is 0 Å². The van der Waals surface area contributed by atoms with Crippen LogP contribution in [-0.4, -0.2) is 19.6 Å². The van der Waals surface area contributed by atoms with Gasteiger partial charge in [0.05, 0.1) is 6.10 Å². The van der Waals surface area contributed by atoms with Crippen molar-refractivity contribution in [1.29, 1.82) is 0 Å². The van der Waals surface area contributed by atoms with Gasteiger partial charge in [-0.3, -0.25) is 0 Å². The summed E-state index contributed by atoms with van der Waals surface area (Å²) in [6.45, 7) is 5.95. The SMILES string of the molecule is C/C=C/C[C@@H](O)[C@H](c1ccsc1S(N)(=O)=O)[C@@H](C)CC. The highest BCUT2D eigenvalue weighted by atomic mass is 32.2. The zero-order valence-corrected chi connectivity index (χ0v) is 13.7. The van der Waals surface area contributed by atoms with Gasteiger partial charge in [-0.1, -0.05) is 32.4 Å². The van der Waals surface area contributed by atoms with E-state index in [1.165, 1.54) is 0 Å². The van der Waals surface area contributed by atoms with E-state index in [9.17, 15) is 13.5 Å². The standard InChI is InChI=1S/C14H23NO3S2/c1-4-6-7-12(16)13(10(3)5-2)11-8-9-19-14(11)20(15,17)18/h4,6,8-10,12-13,16H,5,7H2,1-3H3,(H2,15,17,18)/b6-4+/t10-,12+,13-/m0/s1. The molecule has 3 atom stereocenters. The molecule has 1 rings (SSSR count). The summed E-state index contributed by atoms with van der Waals surface area (Å²) in [6, 6.07) is 1.76. The lowest BCUT2D eigenvalue weighted by atomic mass is 9.81. The first kappa shape index (κ1) is 17.4. The van der Waals surface area contributed by atoms with Gasteiger partial charge in [0, 0.05) is 5.92 Å². The molecule has 0 unspecified atom stereocenters. The highest BCUT2D eigenvalue weighted by molar-refractivity contribution is 7.91. The molecule has 0 radical (unpaired) electrons. The third-order valence-electron chi connectivity index (χ3n) is 3.56. The Hall–Kier alpha value is -0.690. The van der Waals surface area contributed by atoms with Crippen molar-refractivity contribution in [3.05, 3.63) is 29.2 Å². The molecule has 0 amide bonds. The number of hydrogen-bond donors (Lipinski definition) is 2. The maximum atomic E-state index is 11.7. The number of sulfonamides is 1. The number of rotatable bonds is 7. The Balaban J connectivity index is 3.22. The summed E-state index contributed by atoms with van der Waals surface area (Å²) in [6.07, 6.45) is 4.52. The molecule has 1 aromatic heterocycles. The lowest BCUT2D eigenvalue weighted by Gasteiger charge is -2.28. The van der Waals surface area contributed by atoms with Crippen LogP contribution in [0, 0.1) is 5.92 Å². The van der Waals surface area contributed by atoms with Gasteiger partial charge in [-0.25, -0.2) is 13.6 Å². The van der Waals surface area contributed by atoms with Gasteiger partial charge in [-0.15, -0.1) is 11.3 Å². The van der Waals surface area contributed by atoms with E-state index >= 15 is 0 Å². The number of primary sulfonamides is 1. The first-order valence-electron chi connectivity index (χ1n) is 6.72. The average Bonchev–Trinajstić information content (AvgIpc) is 2.85. The Bertz CT molecular complexity index is 549. The van der Waals surface area contributed by atoms with Crippen LogP contribution in [0.4, 0.5) is 0 Å². The number of thiophene rings is 1. The molecule has 4 nitrogen and oxygen atoms in total. The van der Waals surface area contributed by atoms with E-state index in [0.29, 0.717) is 12.0 Å². The molecular weight excluding hydrogens is 294 g/mol. The van der Waals surface area contributed by atoms with Crippen LogP contribution < -0.4 is 5.14 Å².